The van der Waals surface area contributed by atoms with Crippen molar-refractivity contribution in [2.75, 3.05) is 20.3 Å². The number of unbranched alkanes of at least 4 members (excludes halogenated alkanes) is 2. The van der Waals surface area contributed by atoms with Gasteiger partial charge in [-0.05, 0) is 55.9 Å². The van der Waals surface area contributed by atoms with E-state index in [4.69, 9.17) is 14.6 Å². The van der Waals surface area contributed by atoms with Gasteiger partial charge in [-0.2, -0.15) is 13.2 Å². The minimum atomic E-state index is -4.39. The number of hydrogen-bond donors (Lipinski definition) is 2. The predicted octanol–water partition coefficient (Wildman–Crippen LogP) is 5.85. The average molecular weight is 464 g/mol. The van der Waals surface area contributed by atoms with Gasteiger partial charge in [0.2, 0.25) is 0 Å². The largest absolute Gasteiger partial charge is 0.494 e. The molecule has 0 unspecified atom stereocenters. The van der Waals surface area contributed by atoms with Crippen LogP contribution in [0.25, 0.3) is 22.4 Å². The maximum Gasteiger partial charge on any atom is 0.416 e. The average Bonchev–Trinajstić information content (AvgIpc) is 3.20. The molecule has 0 saturated carbocycles. The van der Waals surface area contributed by atoms with E-state index in [1.54, 1.807) is 7.11 Å². The first kappa shape index (κ1) is 24.6. The van der Waals surface area contributed by atoms with Crippen molar-refractivity contribution in [3.8, 4) is 17.1 Å². The Morgan fingerprint density at radius 3 is 2.48 bits per heavy atom. The molecule has 1 aromatic heterocycles. The fraction of sp³-hybridized carbons (Fsp3) is 0.417. The zero-order valence-corrected chi connectivity index (χ0v) is 18.4. The number of benzene rings is 2. The van der Waals surface area contributed by atoms with Gasteiger partial charge >= 0.3 is 12.1 Å². The van der Waals surface area contributed by atoms with Gasteiger partial charge in [0.1, 0.15) is 11.6 Å². The Labute approximate surface area is 189 Å². The Hall–Kier alpha value is -3.07. The number of aromatic nitrogens is 2. The maximum atomic E-state index is 12.9. The minimum absolute atomic E-state index is 0.149. The fourth-order valence-corrected chi connectivity index (χ4v) is 3.54. The second-order valence-electron chi connectivity index (χ2n) is 7.79. The molecule has 1 heterocycles. The van der Waals surface area contributed by atoms with E-state index in [2.05, 4.69) is 9.97 Å². The summed E-state index contributed by atoms with van der Waals surface area (Å²) in [6, 6.07) is 8.64. The zero-order valence-electron chi connectivity index (χ0n) is 18.4. The summed E-state index contributed by atoms with van der Waals surface area (Å²) in [5, 5.41) is 8.70. The number of imidazole rings is 1. The number of ether oxygens (including phenoxy) is 2. The van der Waals surface area contributed by atoms with Gasteiger partial charge < -0.3 is 19.6 Å². The van der Waals surface area contributed by atoms with Crippen LogP contribution in [0.2, 0.25) is 0 Å². The van der Waals surface area contributed by atoms with Crippen molar-refractivity contribution in [3.05, 3.63) is 47.5 Å². The highest BCUT2D eigenvalue weighted by Crippen LogP contribution is 2.32. The number of methoxy groups -OCH3 is 1. The summed E-state index contributed by atoms with van der Waals surface area (Å²) in [7, 11) is 1.64. The Morgan fingerprint density at radius 1 is 1.06 bits per heavy atom. The number of nitrogens with zero attached hydrogens (tertiary/aromatic N) is 1. The SMILES string of the molecule is COCCCc1cc(OCCCCCC(=O)O)cc2[nH]c(-c3ccc(C(F)(F)F)cc3)nc12. The molecule has 0 spiro atoms. The molecular weight excluding hydrogens is 437 g/mol. The number of fused-ring (bicyclic) bond motifs is 1. The van der Waals surface area contributed by atoms with E-state index in [0.29, 0.717) is 43.2 Å². The van der Waals surface area contributed by atoms with Crippen molar-refractivity contribution < 1.29 is 32.5 Å². The third kappa shape index (κ3) is 6.95. The molecule has 0 aliphatic carbocycles. The molecular formula is C24H27F3N2O4. The molecule has 6 nitrogen and oxygen atoms in total. The molecule has 9 heteroatoms. The molecule has 0 saturated heterocycles. The molecule has 33 heavy (non-hydrogen) atoms. The standard InChI is InChI=1S/C24H27F3N2O4/c1-32-12-5-6-17-14-19(33-13-4-2-3-7-21(30)31)15-20-22(17)29-23(28-20)16-8-10-18(11-9-16)24(25,26)27/h8-11,14-15H,2-7,12-13H2,1H3,(H,28,29)(H,30,31). The van der Waals surface area contributed by atoms with Crippen LogP contribution in [-0.2, 0) is 22.1 Å². The topological polar surface area (TPSA) is 84.4 Å². The van der Waals surface area contributed by atoms with E-state index in [-0.39, 0.29) is 6.42 Å². The van der Waals surface area contributed by atoms with Gasteiger partial charge in [0.15, 0.2) is 0 Å². The molecule has 0 aliphatic rings. The van der Waals surface area contributed by atoms with Crippen molar-refractivity contribution in [1.29, 1.82) is 0 Å². The summed E-state index contributed by atoms with van der Waals surface area (Å²) in [5.74, 6) is 0.346. The Bertz CT molecular complexity index is 1060. The Morgan fingerprint density at radius 2 is 1.82 bits per heavy atom. The number of alkyl halides is 3. The van der Waals surface area contributed by atoms with Crippen molar-refractivity contribution in [2.24, 2.45) is 0 Å². The van der Waals surface area contributed by atoms with E-state index < -0.39 is 17.7 Å². The molecule has 0 bridgehead atoms. The van der Waals surface area contributed by atoms with Gasteiger partial charge in [-0.25, -0.2) is 4.98 Å². The molecule has 0 radical (unpaired) electrons. The smallest absolute Gasteiger partial charge is 0.416 e. The number of H-pyrrole nitrogens is 1. The lowest BCUT2D eigenvalue weighted by molar-refractivity contribution is -0.138. The van der Waals surface area contributed by atoms with Crippen LogP contribution in [0.4, 0.5) is 13.2 Å². The number of aliphatic carboxylic acids is 1. The van der Waals surface area contributed by atoms with Gasteiger partial charge in [0.05, 0.1) is 23.2 Å². The van der Waals surface area contributed by atoms with E-state index in [0.717, 1.165) is 48.0 Å². The summed E-state index contributed by atoms with van der Waals surface area (Å²) in [6.07, 6.45) is -0.639. The molecule has 3 rings (SSSR count). The van der Waals surface area contributed by atoms with Crippen LogP contribution in [0.1, 0.15) is 43.2 Å². The van der Waals surface area contributed by atoms with Crippen molar-refractivity contribution >= 4 is 17.0 Å². The van der Waals surface area contributed by atoms with Gasteiger partial charge in [0, 0.05) is 31.8 Å². The number of carbonyl (C=O) groups is 1. The fourth-order valence-electron chi connectivity index (χ4n) is 3.54. The van der Waals surface area contributed by atoms with E-state index in [9.17, 15) is 18.0 Å². The summed E-state index contributed by atoms with van der Waals surface area (Å²) < 4.78 is 49.6. The Kier molecular flexibility index (Phi) is 8.32. The number of nitrogens with one attached hydrogen (secondary N) is 1. The third-order valence-corrected chi connectivity index (χ3v) is 5.22. The third-order valence-electron chi connectivity index (χ3n) is 5.22. The van der Waals surface area contributed by atoms with Gasteiger partial charge in [-0.3, -0.25) is 4.79 Å². The van der Waals surface area contributed by atoms with E-state index >= 15 is 0 Å². The van der Waals surface area contributed by atoms with Crippen LogP contribution in [0.3, 0.4) is 0 Å². The second-order valence-corrected chi connectivity index (χ2v) is 7.79. The second kappa shape index (κ2) is 11.2. The minimum Gasteiger partial charge on any atom is -0.494 e. The molecule has 0 fully saturated rings. The van der Waals surface area contributed by atoms with Crippen LogP contribution in [0.5, 0.6) is 5.75 Å². The number of rotatable bonds is 12. The molecule has 2 aromatic carbocycles. The molecule has 0 aliphatic heterocycles. The van der Waals surface area contributed by atoms with Gasteiger partial charge in [0.25, 0.3) is 0 Å². The van der Waals surface area contributed by atoms with E-state index in [1.165, 1.54) is 12.1 Å². The highest BCUT2D eigenvalue weighted by Gasteiger charge is 2.30. The maximum absolute atomic E-state index is 12.9. The highest BCUT2D eigenvalue weighted by atomic mass is 19.4. The normalized spacial score (nSPS) is 11.8. The highest BCUT2D eigenvalue weighted by molar-refractivity contribution is 5.84. The molecule has 0 amide bonds. The summed E-state index contributed by atoms with van der Waals surface area (Å²) in [6.45, 7) is 1.05. The van der Waals surface area contributed by atoms with Gasteiger partial charge in [-0.1, -0.05) is 12.1 Å². The lowest BCUT2D eigenvalue weighted by atomic mass is 10.1. The molecule has 2 N–H and O–H groups in total. The number of carboxylic acid groups (broad SMARTS) is 1. The molecule has 3 aromatic rings. The Balaban J connectivity index is 1.79. The number of aryl methyl sites for hydroxylation is 1. The number of carboxylic acids is 1. The summed E-state index contributed by atoms with van der Waals surface area (Å²) >= 11 is 0. The lowest BCUT2D eigenvalue weighted by Crippen LogP contribution is -2.04. The summed E-state index contributed by atoms with van der Waals surface area (Å²) in [4.78, 5) is 18.4. The summed E-state index contributed by atoms with van der Waals surface area (Å²) in [5.41, 5.74) is 2.29. The van der Waals surface area contributed by atoms with Crippen LogP contribution >= 0.6 is 0 Å². The monoisotopic (exact) mass is 464 g/mol. The molecule has 0 atom stereocenters. The van der Waals surface area contributed by atoms with E-state index in [1.807, 2.05) is 12.1 Å². The lowest BCUT2D eigenvalue weighted by Gasteiger charge is -2.09. The zero-order chi connectivity index (χ0) is 23.8. The van der Waals surface area contributed by atoms with Gasteiger partial charge in [-0.15, -0.1) is 0 Å². The number of aromatic amines is 1. The van der Waals surface area contributed by atoms with Crippen LogP contribution < -0.4 is 4.74 Å². The molecule has 178 valence electrons. The quantitative estimate of drug-likeness (QED) is 0.329. The van der Waals surface area contributed by atoms with Crippen molar-refractivity contribution in [3.63, 3.8) is 0 Å². The first-order valence-electron chi connectivity index (χ1n) is 10.8. The van der Waals surface area contributed by atoms with Crippen molar-refractivity contribution in [2.45, 2.75) is 44.7 Å². The van der Waals surface area contributed by atoms with Crippen LogP contribution in [-0.4, -0.2) is 41.4 Å². The van der Waals surface area contributed by atoms with Crippen LogP contribution in [0.15, 0.2) is 36.4 Å². The number of hydrogen-bond acceptors (Lipinski definition) is 4. The first-order chi connectivity index (χ1) is 15.8. The van der Waals surface area contributed by atoms with Crippen molar-refractivity contribution in [1.82, 2.24) is 9.97 Å². The van der Waals surface area contributed by atoms with Crippen LogP contribution in [0, 0.1) is 0 Å². The first-order valence-corrected chi connectivity index (χ1v) is 10.8. The number of halogens is 3. The predicted molar refractivity (Wildman–Crippen MR) is 118 cm³/mol.